The van der Waals surface area contributed by atoms with Crippen molar-refractivity contribution in [2.24, 2.45) is 0 Å². The number of rotatable bonds is 9. The van der Waals surface area contributed by atoms with Crippen LogP contribution >= 0.6 is 0 Å². The average Bonchev–Trinajstić information content (AvgIpc) is 2.35. The Labute approximate surface area is 104 Å². The molecule has 0 fully saturated rings. The van der Waals surface area contributed by atoms with Crippen molar-refractivity contribution in [1.82, 2.24) is 4.98 Å². The Balaban J connectivity index is 2.19. The second-order valence-corrected chi connectivity index (χ2v) is 3.83. The lowest BCUT2D eigenvalue weighted by molar-refractivity contribution is 0.134. The molecule has 0 aromatic carbocycles. The van der Waals surface area contributed by atoms with Crippen LogP contribution in [-0.2, 0) is 4.74 Å². The van der Waals surface area contributed by atoms with Crippen LogP contribution in [0.3, 0.4) is 0 Å². The molecule has 0 bridgehead atoms. The molecule has 0 spiro atoms. The lowest BCUT2D eigenvalue weighted by Crippen LogP contribution is -2.08. The van der Waals surface area contributed by atoms with Crippen LogP contribution < -0.4 is 10.6 Å². The van der Waals surface area contributed by atoms with Gasteiger partial charge >= 0.3 is 0 Å². The maximum atomic E-state index is 5.41. The SMILES string of the molecule is CCCOCCCNc1cccc(NCC)n1. The van der Waals surface area contributed by atoms with Crippen molar-refractivity contribution >= 4 is 11.6 Å². The first kappa shape index (κ1) is 13.8. The summed E-state index contributed by atoms with van der Waals surface area (Å²) in [6.45, 7) is 7.64. The van der Waals surface area contributed by atoms with Crippen LogP contribution in [0.25, 0.3) is 0 Å². The molecule has 0 unspecified atom stereocenters. The first-order chi connectivity index (χ1) is 8.36. The van der Waals surface area contributed by atoms with Gasteiger partial charge in [-0.05, 0) is 31.9 Å². The summed E-state index contributed by atoms with van der Waals surface area (Å²) in [6, 6.07) is 5.95. The molecule has 0 radical (unpaired) electrons. The van der Waals surface area contributed by atoms with E-state index in [1.54, 1.807) is 0 Å². The number of hydrogen-bond donors (Lipinski definition) is 2. The van der Waals surface area contributed by atoms with E-state index >= 15 is 0 Å². The number of anilines is 2. The molecule has 0 saturated carbocycles. The standard InChI is InChI=1S/C13H23N3O/c1-3-10-17-11-6-9-15-13-8-5-7-12(16-13)14-4-2/h5,7-8H,3-4,6,9-11H2,1-2H3,(H2,14,15,16). The normalized spacial score (nSPS) is 10.2. The van der Waals surface area contributed by atoms with Crippen molar-refractivity contribution in [3.8, 4) is 0 Å². The van der Waals surface area contributed by atoms with Crippen LogP contribution in [0.5, 0.6) is 0 Å². The van der Waals surface area contributed by atoms with Crippen molar-refractivity contribution in [1.29, 1.82) is 0 Å². The number of hydrogen-bond acceptors (Lipinski definition) is 4. The van der Waals surface area contributed by atoms with Gasteiger partial charge in [-0.15, -0.1) is 0 Å². The van der Waals surface area contributed by atoms with Gasteiger partial charge in [-0.25, -0.2) is 4.98 Å². The van der Waals surface area contributed by atoms with E-state index < -0.39 is 0 Å². The van der Waals surface area contributed by atoms with E-state index in [2.05, 4.69) is 29.5 Å². The second kappa shape index (κ2) is 8.82. The molecule has 0 saturated heterocycles. The predicted molar refractivity (Wildman–Crippen MR) is 72.6 cm³/mol. The molecule has 2 N–H and O–H groups in total. The first-order valence-electron chi connectivity index (χ1n) is 6.39. The van der Waals surface area contributed by atoms with Gasteiger partial charge in [-0.2, -0.15) is 0 Å². The Morgan fingerprint density at radius 1 is 1.12 bits per heavy atom. The molecule has 1 heterocycles. The van der Waals surface area contributed by atoms with Crippen LogP contribution in [-0.4, -0.2) is 31.3 Å². The highest BCUT2D eigenvalue weighted by Crippen LogP contribution is 2.08. The first-order valence-corrected chi connectivity index (χ1v) is 6.39. The minimum absolute atomic E-state index is 0.813. The van der Waals surface area contributed by atoms with Crippen molar-refractivity contribution in [3.63, 3.8) is 0 Å². The largest absolute Gasteiger partial charge is 0.381 e. The number of ether oxygens (including phenoxy) is 1. The third-order valence-electron chi connectivity index (χ3n) is 2.23. The second-order valence-electron chi connectivity index (χ2n) is 3.83. The van der Waals surface area contributed by atoms with Gasteiger partial charge in [0, 0.05) is 26.3 Å². The molecule has 4 nitrogen and oxygen atoms in total. The van der Waals surface area contributed by atoms with Gasteiger partial charge in [0.25, 0.3) is 0 Å². The van der Waals surface area contributed by atoms with E-state index in [1.165, 1.54) is 0 Å². The Hall–Kier alpha value is -1.29. The number of pyridine rings is 1. The fourth-order valence-corrected chi connectivity index (χ4v) is 1.45. The topological polar surface area (TPSA) is 46.2 Å². The Morgan fingerprint density at radius 3 is 2.59 bits per heavy atom. The Kier molecular flexibility index (Phi) is 7.14. The average molecular weight is 237 g/mol. The lowest BCUT2D eigenvalue weighted by atomic mass is 10.4. The molecule has 1 rings (SSSR count). The van der Waals surface area contributed by atoms with Crippen molar-refractivity contribution in [2.45, 2.75) is 26.7 Å². The summed E-state index contributed by atoms with van der Waals surface area (Å²) in [6.07, 6.45) is 2.09. The molecule has 0 aliphatic rings. The smallest absolute Gasteiger partial charge is 0.128 e. The van der Waals surface area contributed by atoms with Gasteiger partial charge in [0.15, 0.2) is 0 Å². The molecule has 4 heteroatoms. The highest BCUT2D eigenvalue weighted by molar-refractivity contribution is 5.44. The summed E-state index contributed by atoms with van der Waals surface area (Å²) in [7, 11) is 0. The zero-order valence-corrected chi connectivity index (χ0v) is 10.8. The molecular weight excluding hydrogens is 214 g/mol. The van der Waals surface area contributed by atoms with Gasteiger partial charge in [0.2, 0.25) is 0 Å². The maximum absolute atomic E-state index is 5.41. The van der Waals surface area contributed by atoms with Gasteiger partial charge in [-0.3, -0.25) is 0 Å². The maximum Gasteiger partial charge on any atom is 0.128 e. The molecule has 0 aliphatic heterocycles. The third kappa shape index (κ3) is 6.12. The molecule has 1 aromatic rings. The predicted octanol–water partition coefficient (Wildman–Crippen LogP) is 2.74. The Bertz CT molecular complexity index is 304. The minimum atomic E-state index is 0.813. The van der Waals surface area contributed by atoms with Crippen LogP contribution in [0.4, 0.5) is 11.6 Å². The zero-order valence-electron chi connectivity index (χ0n) is 10.8. The van der Waals surface area contributed by atoms with E-state index in [9.17, 15) is 0 Å². The van der Waals surface area contributed by atoms with E-state index in [0.717, 1.165) is 50.8 Å². The fraction of sp³-hybridized carbons (Fsp3) is 0.615. The summed E-state index contributed by atoms with van der Waals surface area (Å²) in [5.74, 6) is 1.83. The zero-order chi connectivity index (χ0) is 12.3. The summed E-state index contributed by atoms with van der Waals surface area (Å²) in [5.41, 5.74) is 0. The molecule has 0 aliphatic carbocycles. The van der Waals surface area contributed by atoms with Gasteiger partial charge in [0.05, 0.1) is 0 Å². The van der Waals surface area contributed by atoms with Gasteiger partial charge in [0.1, 0.15) is 11.6 Å². The molecule has 96 valence electrons. The quantitative estimate of drug-likeness (QED) is 0.648. The number of nitrogens with one attached hydrogen (secondary N) is 2. The van der Waals surface area contributed by atoms with Crippen molar-refractivity contribution < 1.29 is 4.74 Å². The fourth-order valence-electron chi connectivity index (χ4n) is 1.45. The van der Waals surface area contributed by atoms with E-state index in [-0.39, 0.29) is 0 Å². The summed E-state index contributed by atoms with van der Waals surface area (Å²) in [4.78, 5) is 4.43. The van der Waals surface area contributed by atoms with E-state index in [4.69, 9.17) is 4.74 Å². The number of nitrogens with zero attached hydrogens (tertiary/aromatic N) is 1. The molecular formula is C13H23N3O. The Morgan fingerprint density at radius 2 is 1.88 bits per heavy atom. The summed E-state index contributed by atoms with van der Waals surface area (Å²) < 4.78 is 5.41. The van der Waals surface area contributed by atoms with Crippen molar-refractivity contribution in [3.05, 3.63) is 18.2 Å². The highest BCUT2D eigenvalue weighted by Gasteiger charge is 1.95. The van der Waals surface area contributed by atoms with Crippen LogP contribution in [0, 0.1) is 0 Å². The molecule has 0 atom stereocenters. The molecule has 0 amide bonds. The minimum Gasteiger partial charge on any atom is -0.381 e. The van der Waals surface area contributed by atoms with E-state index in [1.807, 2.05) is 18.2 Å². The highest BCUT2D eigenvalue weighted by atomic mass is 16.5. The van der Waals surface area contributed by atoms with Crippen molar-refractivity contribution in [2.75, 3.05) is 36.9 Å². The lowest BCUT2D eigenvalue weighted by Gasteiger charge is -2.08. The molecule has 17 heavy (non-hydrogen) atoms. The third-order valence-corrected chi connectivity index (χ3v) is 2.23. The van der Waals surface area contributed by atoms with Crippen LogP contribution in [0.2, 0.25) is 0 Å². The van der Waals surface area contributed by atoms with Crippen LogP contribution in [0.1, 0.15) is 26.7 Å². The summed E-state index contributed by atoms with van der Waals surface area (Å²) >= 11 is 0. The van der Waals surface area contributed by atoms with Gasteiger partial charge < -0.3 is 15.4 Å². The summed E-state index contributed by atoms with van der Waals surface area (Å²) in [5, 5.41) is 6.48. The van der Waals surface area contributed by atoms with E-state index in [0.29, 0.717) is 0 Å². The van der Waals surface area contributed by atoms with Gasteiger partial charge in [-0.1, -0.05) is 13.0 Å². The molecule has 1 aromatic heterocycles. The van der Waals surface area contributed by atoms with Crippen LogP contribution in [0.15, 0.2) is 18.2 Å². The monoisotopic (exact) mass is 237 g/mol. The number of aromatic nitrogens is 1.